The zero-order valence-corrected chi connectivity index (χ0v) is 18.2. The largest absolute Gasteiger partial charge is 0.472 e. The highest BCUT2D eigenvalue weighted by molar-refractivity contribution is 7.89. The molecule has 0 radical (unpaired) electrons. The molecule has 1 N–H and O–H groups in total. The molecular weight excluding hydrogens is 426 g/mol. The predicted octanol–water partition coefficient (Wildman–Crippen LogP) is 2.98. The number of hydrogen-bond acceptors (Lipinski definition) is 5. The maximum absolute atomic E-state index is 12.9. The molecule has 30 heavy (non-hydrogen) atoms. The van der Waals surface area contributed by atoms with Gasteiger partial charge in [-0.25, -0.2) is 13.1 Å². The van der Waals surface area contributed by atoms with Gasteiger partial charge in [0.05, 0.1) is 16.7 Å². The number of carbonyl (C=O) groups is 1. The maximum atomic E-state index is 12.9. The van der Waals surface area contributed by atoms with Crippen LogP contribution in [0.1, 0.15) is 36.0 Å². The Bertz CT molecular complexity index is 955. The number of benzene rings is 1. The van der Waals surface area contributed by atoms with Crippen LogP contribution < -0.4 is 4.72 Å². The molecule has 1 saturated carbocycles. The summed E-state index contributed by atoms with van der Waals surface area (Å²) in [5.41, 5.74) is 0.565. The Hall–Kier alpha value is -1.87. The highest BCUT2D eigenvalue weighted by atomic mass is 35.5. The number of hydrogen-bond donors (Lipinski definition) is 1. The van der Waals surface area contributed by atoms with Crippen molar-refractivity contribution < 1.29 is 17.6 Å². The van der Waals surface area contributed by atoms with Crippen LogP contribution in [-0.2, 0) is 10.0 Å². The second-order valence-electron chi connectivity index (χ2n) is 7.87. The molecule has 0 bridgehead atoms. The summed E-state index contributed by atoms with van der Waals surface area (Å²) >= 11 is 5.89. The van der Waals surface area contributed by atoms with E-state index in [9.17, 15) is 13.2 Å². The molecule has 1 aliphatic carbocycles. The molecule has 162 valence electrons. The lowest BCUT2D eigenvalue weighted by Gasteiger charge is -2.44. The molecule has 0 spiro atoms. The maximum Gasteiger partial charge on any atom is 0.257 e. The Morgan fingerprint density at radius 2 is 1.73 bits per heavy atom. The molecule has 9 heteroatoms. The van der Waals surface area contributed by atoms with Crippen molar-refractivity contribution in [2.75, 3.05) is 26.2 Å². The summed E-state index contributed by atoms with van der Waals surface area (Å²) in [6.45, 7) is 2.70. The SMILES string of the molecule is O=C(c1ccoc1)N1CCN([C@@H]2CCCC[C@H]2NS(=O)(=O)c2ccc(Cl)cc2)CC1. The number of halogens is 1. The Morgan fingerprint density at radius 3 is 2.40 bits per heavy atom. The second-order valence-corrected chi connectivity index (χ2v) is 10.0. The standard InChI is InChI=1S/C21H26ClN3O4S/c22-17-5-7-18(8-6-17)30(27,28)23-19-3-1-2-4-20(19)24-10-12-25(13-11-24)21(26)16-9-14-29-15-16/h5-9,14-15,19-20,23H,1-4,10-13H2/t19-,20-/m1/s1. The van der Waals surface area contributed by atoms with Gasteiger partial charge in [-0.2, -0.15) is 0 Å². The van der Waals surface area contributed by atoms with Gasteiger partial charge >= 0.3 is 0 Å². The summed E-state index contributed by atoms with van der Waals surface area (Å²) < 4.78 is 33.7. The molecule has 7 nitrogen and oxygen atoms in total. The topological polar surface area (TPSA) is 82.9 Å². The third kappa shape index (κ3) is 4.72. The highest BCUT2D eigenvalue weighted by Crippen LogP contribution is 2.26. The van der Waals surface area contributed by atoms with Gasteiger partial charge in [-0.3, -0.25) is 9.69 Å². The predicted molar refractivity (Wildman–Crippen MR) is 114 cm³/mol. The summed E-state index contributed by atoms with van der Waals surface area (Å²) in [5, 5.41) is 0.507. The van der Waals surface area contributed by atoms with Crippen LogP contribution in [0.5, 0.6) is 0 Å². The number of amides is 1. The Morgan fingerprint density at radius 1 is 1.03 bits per heavy atom. The van der Waals surface area contributed by atoms with E-state index in [-0.39, 0.29) is 22.9 Å². The summed E-state index contributed by atoms with van der Waals surface area (Å²) in [7, 11) is -3.61. The lowest BCUT2D eigenvalue weighted by atomic mass is 9.89. The average molecular weight is 452 g/mol. The molecule has 1 aromatic heterocycles. The van der Waals surface area contributed by atoms with Gasteiger partial charge in [-0.05, 0) is 43.2 Å². The summed E-state index contributed by atoms with van der Waals surface area (Å²) in [4.78, 5) is 16.9. The first kappa shape index (κ1) is 21.4. The summed E-state index contributed by atoms with van der Waals surface area (Å²) in [6.07, 6.45) is 6.82. The number of rotatable bonds is 5. The first-order valence-corrected chi connectivity index (χ1v) is 12.1. The van der Waals surface area contributed by atoms with Gasteiger partial charge in [-0.1, -0.05) is 24.4 Å². The lowest BCUT2D eigenvalue weighted by molar-refractivity contribution is 0.0478. The first-order valence-electron chi connectivity index (χ1n) is 10.3. The third-order valence-corrected chi connectivity index (χ3v) is 7.76. The van der Waals surface area contributed by atoms with Crippen LogP contribution in [0.15, 0.2) is 52.2 Å². The molecule has 1 aromatic carbocycles. The number of carbonyl (C=O) groups excluding carboxylic acids is 1. The van der Waals surface area contributed by atoms with Gasteiger partial charge in [0.2, 0.25) is 10.0 Å². The van der Waals surface area contributed by atoms with Gasteiger partial charge in [0, 0.05) is 43.3 Å². The Kier molecular flexibility index (Phi) is 6.48. The fraction of sp³-hybridized carbons (Fsp3) is 0.476. The van der Waals surface area contributed by atoms with Gasteiger partial charge in [-0.15, -0.1) is 0 Å². The number of nitrogens with zero attached hydrogens (tertiary/aromatic N) is 2. The van der Waals surface area contributed by atoms with Crippen molar-refractivity contribution in [2.24, 2.45) is 0 Å². The van der Waals surface area contributed by atoms with E-state index in [1.54, 1.807) is 18.2 Å². The van der Waals surface area contributed by atoms with E-state index < -0.39 is 10.0 Å². The molecule has 1 aliphatic heterocycles. The zero-order valence-electron chi connectivity index (χ0n) is 16.7. The van der Waals surface area contributed by atoms with Crippen molar-refractivity contribution in [1.29, 1.82) is 0 Å². The number of sulfonamides is 1. The molecule has 2 atom stereocenters. The van der Waals surface area contributed by atoms with E-state index in [1.807, 2.05) is 4.90 Å². The minimum absolute atomic E-state index is 0.0213. The van der Waals surface area contributed by atoms with Crippen molar-refractivity contribution in [1.82, 2.24) is 14.5 Å². The van der Waals surface area contributed by atoms with Crippen LogP contribution in [0, 0.1) is 0 Å². The number of nitrogens with one attached hydrogen (secondary N) is 1. The van der Waals surface area contributed by atoms with Crippen molar-refractivity contribution in [2.45, 2.75) is 42.7 Å². The minimum atomic E-state index is -3.61. The van der Waals surface area contributed by atoms with Crippen LogP contribution in [0.25, 0.3) is 0 Å². The molecule has 0 unspecified atom stereocenters. The van der Waals surface area contributed by atoms with Crippen LogP contribution in [0.4, 0.5) is 0 Å². The molecule has 1 amide bonds. The van der Waals surface area contributed by atoms with Crippen LogP contribution in [0.3, 0.4) is 0 Å². The molecule has 2 aromatic rings. The van der Waals surface area contributed by atoms with E-state index in [1.165, 1.54) is 24.7 Å². The lowest BCUT2D eigenvalue weighted by Crippen LogP contribution is -2.58. The third-order valence-electron chi connectivity index (χ3n) is 6.00. The first-order chi connectivity index (χ1) is 14.4. The number of furan rings is 1. The zero-order chi connectivity index (χ0) is 21.1. The molecule has 1 saturated heterocycles. The van der Waals surface area contributed by atoms with E-state index in [2.05, 4.69) is 9.62 Å². The van der Waals surface area contributed by atoms with Crippen molar-refractivity contribution in [3.8, 4) is 0 Å². The smallest absolute Gasteiger partial charge is 0.257 e. The summed E-state index contributed by atoms with van der Waals surface area (Å²) in [5.74, 6) is -0.0213. The fourth-order valence-electron chi connectivity index (χ4n) is 4.39. The van der Waals surface area contributed by atoms with E-state index >= 15 is 0 Å². The highest BCUT2D eigenvalue weighted by Gasteiger charge is 2.35. The van der Waals surface area contributed by atoms with Gasteiger partial charge < -0.3 is 9.32 Å². The van der Waals surface area contributed by atoms with Crippen molar-refractivity contribution in [3.63, 3.8) is 0 Å². The van der Waals surface area contributed by atoms with Crippen LogP contribution >= 0.6 is 11.6 Å². The molecular formula is C21H26ClN3O4S. The molecule has 2 aliphatic rings. The van der Waals surface area contributed by atoms with Gasteiger partial charge in [0.15, 0.2) is 0 Å². The quantitative estimate of drug-likeness (QED) is 0.755. The average Bonchev–Trinajstić information content (AvgIpc) is 3.29. The summed E-state index contributed by atoms with van der Waals surface area (Å²) in [6, 6.07) is 7.90. The molecule has 2 fully saturated rings. The fourth-order valence-corrected chi connectivity index (χ4v) is 5.82. The van der Waals surface area contributed by atoms with Gasteiger partial charge in [0.25, 0.3) is 5.91 Å². The van der Waals surface area contributed by atoms with E-state index in [4.69, 9.17) is 16.0 Å². The van der Waals surface area contributed by atoms with Crippen LogP contribution in [-0.4, -0.2) is 62.4 Å². The molecule has 2 heterocycles. The monoisotopic (exact) mass is 451 g/mol. The normalized spacial score (nSPS) is 23.4. The van der Waals surface area contributed by atoms with E-state index in [0.717, 1.165) is 38.8 Å². The second kappa shape index (κ2) is 9.09. The van der Waals surface area contributed by atoms with Crippen LogP contribution in [0.2, 0.25) is 5.02 Å². The Balaban J connectivity index is 1.40. The van der Waals surface area contributed by atoms with E-state index in [0.29, 0.717) is 23.7 Å². The van der Waals surface area contributed by atoms with Gasteiger partial charge in [0.1, 0.15) is 6.26 Å². The molecule has 4 rings (SSSR count). The Labute approximate surface area is 182 Å². The number of piperazine rings is 1. The minimum Gasteiger partial charge on any atom is -0.472 e. The van der Waals surface area contributed by atoms with Crippen molar-refractivity contribution >= 4 is 27.5 Å². The van der Waals surface area contributed by atoms with Crippen molar-refractivity contribution in [3.05, 3.63) is 53.4 Å².